The van der Waals surface area contributed by atoms with E-state index < -0.39 is 6.43 Å². The van der Waals surface area contributed by atoms with Gasteiger partial charge >= 0.3 is 0 Å². The molecule has 1 fully saturated rings. The van der Waals surface area contributed by atoms with Gasteiger partial charge in [-0.3, -0.25) is 0 Å². The molecule has 1 N–H and O–H groups in total. The molecular formula is C14H19F2N. The smallest absolute Gasteiger partial charge is 0.239 e. The molecular weight excluding hydrogens is 220 g/mol. The van der Waals surface area contributed by atoms with Crippen LogP contribution in [0.5, 0.6) is 0 Å². The fourth-order valence-corrected chi connectivity index (χ4v) is 2.56. The van der Waals surface area contributed by atoms with Crippen molar-refractivity contribution in [3.63, 3.8) is 0 Å². The Kier molecular flexibility index (Phi) is 4.49. The molecule has 0 atom stereocenters. The van der Waals surface area contributed by atoms with E-state index in [9.17, 15) is 8.78 Å². The Labute approximate surface area is 101 Å². The molecule has 3 heteroatoms. The summed E-state index contributed by atoms with van der Waals surface area (Å²) in [5, 5.41) is 3.33. The van der Waals surface area contributed by atoms with Crippen LogP contribution in [0.2, 0.25) is 0 Å². The highest BCUT2D eigenvalue weighted by molar-refractivity contribution is 5.31. The van der Waals surface area contributed by atoms with E-state index in [1.165, 1.54) is 5.56 Å². The van der Waals surface area contributed by atoms with Gasteiger partial charge in [-0.05, 0) is 49.4 Å². The van der Waals surface area contributed by atoms with Gasteiger partial charge in [0.15, 0.2) is 0 Å². The zero-order valence-electron chi connectivity index (χ0n) is 9.96. The summed E-state index contributed by atoms with van der Waals surface area (Å²) >= 11 is 0. The second kappa shape index (κ2) is 6.10. The average molecular weight is 239 g/mol. The van der Waals surface area contributed by atoms with Gasteiger partial charge in [0.2, 0.25) is 6.43 Å². The average Bonchev–Trinajstić information content (AvgIpc) is 2.38. The minimum atomic E-state index is -2.20. The summed E-state index contributed by atoms with van der Waals surface area (Å²) in [4.78, 5) is 0. The highest BCUT2D eigenvalue weighted by Gasteiger charge is 2.18. The van der Waals surface area contributed by atoms with Crippen LogP contribution in [-0.2, 0) is 6.42 Å². The van der Waals surface area contributed by atoms with Crippen LogP contribution in [0, 0.1) is 0 Å². The lowest BCUT2D eigenvalue weighted by Crippen LogP contribution is -2.27. The van der Waals surface area contributed by atoms with E-state index in [1.54, 1.807) is 0 Å². The Hall–Kier alpha value is -0.960. The first-order valence-corrected chi connectivity index (χ1v) is 6.34. The predicted octanol–water partition coefficient (Wildman–Crippen LogP) is 3.35. The molecule has 2 rings (SSSR count). The van der Waals surface area contributed by atoms with E-state index in [4.69, 9.17) is 0 Å². The highest BCUT2D eigenvalue weighted by Crippen LogP contribution is 2.28. The molecule has 0 radical (unpaired) electrons. The Morgan fingerprint density at radius 2 is 1.88 bits per heavy atom. The lowest BCUT2D eigenvalue weighted by molar-refractivity contribution is 0.138. The molecule has 0 aliphatic carbocycles. The number of benzene rings is 1. The van der Waals surface area contributed by atoms with Crippen molar-refractivity contribution >= 4 is 0 Å². The quantitative estimate of drug-likeness (QED) is 0.849. The summed E-state index contributed by atoms with van der Waals surface area (Å²) in [6, 6.07) is 8.07. The topological polar surface area (TPSA) is 12.0 Å². The van der Waals surface area contributed by atoms with Crippen LogP contribution in [0.15, 0.2) is 24.3 Å². The number of piperidine rings is 1. The third-order valence-electron chi connectivity index (χ3n) is 3.47. The van der Waals surface area contributed by atoms with Gasteiger partial charge in [-0.15, -0.1) is 0 Å². The first-order valence-electron chi connectivity index (χ1n) is 6.34. The predicted molar refractivity (Wildman–Crippen MR) is 65.6 cm³/mol. The molecule has 94 valence electrons. The van der Waals surface area contributed by atoms with Gasteiger partial charge in [-0.25, -0.2) is 8.78 Å². The lowest BCUT2D eigenvalue weighted by Gasteiger charge is -2.25. The van der Waals surface area contributed by atoms with Crippen molar-refractivity contribution in [3.8, 4) is 0 Å². The van der Waals surface area contributed by atoms with E-state index in [0.29, 0.717) is 12.3 Å². The Bertz CT molecular complexity index is 346. The summed E-state index contributed by atoms with van der Waals surface area (Å²) < 4.78 is 24.6. The van der Waals surface area contributed by atoms with Gasteiger partial charge in [0.05, 0.1) is 0 Å². The molecule has 0 spiro atoms. The molecule has 1 saturated heterocycles. The molecule has 1 nitrogen and oxygen atoms in total. The van der Waals surface area contributed by atoms with Crippen molar-refractivity contribution in [2.24, 2.45) is 0 Å². The molecule has 1 heterocycles. The fourth-order valence-electron chi connectivity index (χ4n) is 2.56. The van der Waals surface area contributed by atoms with Crippen LogP contribution < -0.4 is 5.32 Å². The van der Waals surface area contributed by atoms with Crippen LogP contribution in [-0.4, -0.2) is 19.5 Å². The zero-order chi connectivity index (χ0) is 12.1. The maximum atomic E-state index is 12.3. The van der Waals surface area contributed by atoms with E-state index in [-0.39, 0.29) is 6.42 Å². The van der Waals surface area contributed by atoms with E-state index in [1.807, 2.05) is 18.2 Å². The number of hydrogen-bond acceptors (Lipinski definition) is 1. The Morgan fingerprint density at radius 1 is 1.18 bits per heavy atom. The van der Waals surface area contributed by atoms with E-state index in [2.05, 4.69) is 11.4 Å². The maximum absolute atomic E-state index is 12.3. The van der Waals surface area contributed by atoms with Crippen LogP contribution in [0.4, 0.5) is 8.78 Å². The fraction of sp³-hybridized carbons (Fsp3) is 0.571. The lowest BCUT2D eigenvalue weighted by atomic mass is 9.86. The third kappa shape index (κ3) is 3.50. The van der Waals surface area contributed by atoms with Gasteiger partial charge in [-0.1, -0.05) is 24.3 Å². The van der Waals surface area contributed by atoms with Crippen LogP contribution in [0.1, 0.15) is 36.3 Å². The Balaban J connectivity index is 2.09. The summed E-state index contributed by atoms with van der Waals surface area (Å²) in [5.41, 5.74) is 2.40. The second-order valence-corrected chi connectivity index (χ2v) is 4.65. The standard InChI is InChI=1S/C14H19F2N/c15-14(16)6-5-11-3-1-2-4-13(11)12-7-9-17-10-8-12/h1-4,12,14,17H,5-10H2. The minimum absolute atomic E-state index is 0.0258. The number of rotatable bonds is 4. The largest absolute Gasteiger partial charge is 0.317 e. The monoisotopic (exact) mass is 239 g/mol. The maximum Gasteiger partial charge on any atom is 0.239 e. The number of alkyl halides is 2. The molecule has 0 saturated carbocycles. The number of nitrogens with one attached hydrogen (secondary N) is 1. The molecule has 1 aliphatic heterocycles. The minimum Gasteiger partial charge on any atom is -0.317 e. The van der Waals surface area contributed by atoms with Crippen molar-refractivity contribution in [1.29, 1.82) is 0 Å². The van der Waals surface area contributed by atoms with Crippen LogP contribution >= 0.6 is 0 Å². The van der Waals surface area contributed by atoms with Crippen molar-refractivity contribution < 1.29 is 8.78 Å². The van der Waals surface area contributed by atoms with Gasteiger partial charge in [-0.2, -0.15) is 0 Å². The molecule has 1 aromatic carbocycles. The van der Waals surface area contributed by atoms with Gasteiger partial charge in [0.25, 0.3) is 0 Å². The molecule has 17 heavy (non-hydrogen) atoms. The molecule has 1 aliphatic rings. The van der Waals surface area contributed by atoms with Crippen LogP contribution in [0.25, 0.3) is 0 Å². The van der Waals surface area contributed by atoms with Crippen molar-refractivity contribution in [2.45, 2.75) is 38.0 Å². The van der Waals surface area contributed by atoms with Crippen molar-refractivity contribution in [2.75, 3.05) is 13.1 Å². The van der Waals surface area contributed by atoms with Crippen LogP contribution in [0.3, 0.4) is 0 Å². The molecule has 0 aromatic heterocycles. The van der Waals surface area contributed by atoms with Gasteiger partial charge in [0.1, 0.15) is 0 Å². The van der Waals surface area contributed by atoms with Crippen molar-refractivity contribution in [1.82, 2.24) is 5.32 Å². The first-order chi connectivity index (χ1) is 8.27. The van der Waals surface area contributed by atoms with Gasteiger partial charge in [0, 0.05) is 6.42 Å². The number of aryl methyl sites for hydroxylation is 1. The molecule has 0 unspecified atom stereocenters. The third-order valence-corrected chi connectivity index (χ3v) is 3.47. The molecule has 0 amide bonds. The molecule has 1 aromatic rings. The summed E-state index contributed by atoms with van der Waals surface area (Å²) in [5.74, 6) is 0.546. The van der Waals surface area contributed by atoms with E-state index >= 15 is 0 Å². The van der Waals surface area contributed by atoms with E-state index in [0.717, 1.165) is 31.5 Å². The van der Waals surface area contributed by atoms with Crippen molar-refractivity contribution in [3.05, 3.63) is 35.4 Å². The first kappa shape index (κ1) is 12.5. The normalized spacial score (nSPS) is 17.6. The molecule has 0 bridgehead atoms. The number of halogens is 2. The SMILES string of the molecule is FC(F)CCc1ccccc1C1CCNCC1. The van der Waals surface area contributed by atoms with Gasteiger partial charge < -0.3 is 5.32 Å². The Morgan fingerprint density at radius 3 is 2.59 bits per heavy atom. The second-order valence-electron chi connectivity index (χ2n) is 4.65. The summed E-state index contributed by atoms with van der Waals surface area (Å²) in [7, 11) is 0. The highest BCUT2D eigenvalue weighted by atomic mass is 19.3. The summed E-state index contributed by atoms with van der Waals surface area (Å²) in [6.07, 6.45) is 0.507. The number of hydrogen-bond donors (Lipinski definition) is 1. The summed E-state index contributed by atoms with van der Waals surface area (Å²) in [6.45, 7) is 2.07. The zero-order valence-corrected chi connectivity index (χ0v) is 9.96.